The molecule has 0 aliphatic rings. The number of carboxylic acid groups (broad SMARTS) is 1. The average molecular weight is 369 g/mol. The third-order valence-corrected chi connectivity index (χ3v) is 3.68. The van der Waals surface area contributed by atoms with Crippen LogP contribution in [0.3, 0.4) is 0 Å². The van der Waals surface area contributed by atoms with E-state index in [9.17, 15) is 19.5 Å². The van der Waals surface area contributed by atoms with Crippen LogP contribution in [0.25, 0.3) is 0 Å². The van der Waals surface area contributed by atoms with Gasteiger partial charge in [0.05, 0.1) is 0 Å². The summed E-state index contributed by atoms with van der Waals surface area (Å²) < 4.78 is 5.10. The number of aliphatic carboxylic acids is 1. The van der Waals surface area contributed by atoms with E-state index in [4.69, 9.17) is 4.74 Å². The van der Waals surface area contributed by atoms with Gasteiger partial charge in [-0.3, -0.25) is 4.79 Å². The van der Waals surface area contributed by atoms with Crippen LogP contribution in [0, 0.1) is 0 Å². The van der Waals surface area contributed by atoms with Crippen molar-refractivity contribution >= 4 is 17.8 Å². The molecule has 0 saturated carbocycles. The van der Waals surface area contributed by atoms with Crippen molar-refractivity contribution in [3.8, 4) is 0 Å². The fourth-order valence-corrected chi connectivity index (χ4v) is 2.43. The standard InChI is InChI=1S/C21H23NO5/c1-21(2,3)27-20(26)22-17(19(24)25)13-14-9-11-16(12-10-14)18(23)15-7-5-4-6-8-15/h4-12,17H,13H2,1-3H3,(H,22,26)(H,24,25)/t17-/m0/s1. The lowest BCUT2D eigenvalue weighted by Crippen LogP contribution is -2.44. The molecule has 0 aliphatic carbocycles. The van der Waals surface area contributed by atoms with Gasteiger partial charge in [0.2, 0.25) is 0 Å². The molecule has 2 aromatic rings. The molecule has 0 aliphatic heterocycles. The number of hydrogen-bond donors (Lipinski definition) is 2. The van der Waals surface area contributed by atoms with E-state index in [2.05, 4.69) is 5.32 Å². The second-order valence-electron chi connectivity index (χ2n) is 7.13. The van der Waals surface area contributed by atoms with Crippen molar-refractivity contribution in [2.24, 2.45) is 0 Å². The van der Waals surface area contributed by atoms with E-state index in [1.165, 1.54) is 0 Å². The number of amides is 1. The van der Waals surface area contributed by atoms with Crippen LogP contribution >= 0.6 is 0 Å². The van der Waals surface area contributed by atoms with Crippen LogP contribution in [0.2, 0.25) is 0 Å². The minimum absolute atomic E-state index is 0.0778. The molecule has 0 saturated heterocycles. The van der Waals surface area contributed by atoms with Gasteiger partial charge in [-0.25, -0.2) is 9.59 Å². The molecule has 0 spiro atoms. The Morgan fingerprint density at radius 3 is 2.04 bits per heavy atom. The lowest BCUT2D eigenvalue weighted by Gasteiger charge is -2.22. The molecule has 27 heavy (non-hydrogen) atoms. The number of carboxylic acids is 1. The topological polar surface area (TPSA) is 92.7 Å². The second-order valence-corrected chi connectivity index (χ2v) is 7.13. The Morgan fingerprint density at radius 1 is 0.963 bits per heavy atom. The van der Waals surface area contributed by atoms with E-state index in [-0.39, 0.29) is 12.2 Å². The van der Waals surface area contributed by atoms with Gasteiger partial charge in [-0.15, -0.1) is 0 Å². The van der Waals surface area contributed by atoms with Crippen LogP contribution in [0.4, 0.5) is 4.79 Å². The van der Waals surface area contributed by atoms with Gasteiger partial charge in [0.1, 0.15) is 11.6 Å². The van der Waals surface area contributed by atoms with Gasteiger partial charge < -0.3 is 15.2 Å². The normalized spacial score (nSPS) is 12.1. The molecule has 2 aromatic carbocycles. The van der Waals surface area contributed by atoms with Crippen molar-refractivity contribution in [2.45, 2.75) is 38.8 Å². The largest absolute Gasteiger partial charge is 0.480 e. The molecular formula is C21H23NO5. The summed E-state index contributed by atoms with van der Waals surface area (Å²) in [4.78, 5) is 35.7. The number of carbonyl (C=O) groups is 3. The molecule has 0 radical (unpaired) electrons. The molecule has 142 valence electrons. The summed E-state index contributed by atoms with van der Waals surface area (Å²) in [6.07, 6.45) is -0.709. The third-order valence-electron chi connectivity index (χ3n) is 3.68. The number of nitrogens with one attached hydrogen (secondary N) is 1. The van der Waals surface area contributed by atoms with Gasteiger partial charge in [0, 0.05) is 17.5 Å². The molecule has 2 N–H and O–H groups in total. The number of benzene rings is 2. The number of ether oxygens (including phenoxy) is 1. The predicted molar refractivity (Wildman–Crippen MR) is 101 cm³/mol. The fourth-order valence-electron chi connectivity index (χ4n) is 2.43. The Kier molecular flexibility index (Phi) is 6.34. The first-order chi connectivity index (χ1) is 12.7. The Balaban J connectivity index is 2.05. The molecule has 1 amide bonds. The molecule has 6 nitrogen and oxygen atoms in total. The molecule has 1 atom stereocenters. The average Bonchev–Trinajstić information content (AvgIpc) is 2.60. The fraction of sp³-hybridized carbons (Fsp3) is 0.286. The number of rotatable bonds is 6. The van der Waals surface area contributed by atoms with Crippen LogP contribution in [0.1, 0.15) is 42.3 Å². The minimum atomic E-state index is -1.16. The van der Waals surface area contributed by atoms with Gasteiger partial charge in [-0.1, -0.05) is 54.6 Å². The van der Waals surface area contributed by atoms with Gasteiger partial charge in [0.15, 0.2) is 5.78 Å². The summed E-state index contributed by atoms with van der Waals surface area (Å²) in [7, 11) is 0. The van der Waals surface area contributed by atoms with Crippen LogP contribution in [0.5, 0.6) is 0 Å². The summed E-state index contributed by atoms with van der Waals surface area (Å²) >= 11 is 0. The molecule has 0 bridgehead atoms. The van der Waals surface area contributed by atoms with E-state index in [1.54, 1.807) is 69.3 Å². The van der Waals surface area contributed by atoms with Crippen LogP contribution in [-0.4, -0.2) is 34.6 Å². The van der Waals surface area contributed by atoms with Crippen LogP contribution in [0.15, 0.2) is 54.6 Å². The van der Waals surface area contributed by atoms with Crippen molar-refractivity contribution in [1.29, 1.82) is 0 Å². The van der Waals surface area contributed by atoms with Crippen molar-refractivity contribution in [3.05, 3.63) is 71.3 Å². The van der Waals surface area contributed by atoms with E-state index < -0.39 is 23.7 Å². The number of ketones is 1. The molecular weight excluding hydrogens is 346 g/mol. The summed E-state index contributed by atoms with van der Waals surface area (Å²) in [6, 6.07) is 14.4. The highest BCUT2D eigenvalue weighted by Crippen LogP contribution is 2.13. The lowest BCUT2D eigenvalue weighted by atomic mass is 9.99. The molecule has 2 rings (SSSR count). The Bertz CT molecular complexity index is 807. The van der Waals surface area contributed by atoms with Gasteiger partial charge in [-0.05, 0) is 26.3 Å². The number of hydrogen-bond acceptors (Lipinski definition) is 4. The summed E-state index contributed by atoms with van der Waals surface area (Å²) in [5.74, 6) is -1.27. The van der Waals surface area contributed by atoms with Crippen molar-refractivity contribution in [1.82, 2.24) is 5.32 Å². The summed E-state index contributed by atoms with van der Waals surface area (Å²) in [5.41, 5.74) is 1.06. The zero-order valence-corrected chi connectivity index (χ0v) is 15.6. The highest BCUT2D eigenvalue weighted by atomic mass is 16.6. The molecule has 0 unspecified atom stereocenters. The minimum Gasteiger partial charge on any atom is -0.480 e. The van der Waals surface area contributed by atoms with E-state index in [1.807, 2.05) is 6.07 Å². The zero-order valence-electron chi connectivity index (χ0n) is 15.6. The maximum Gasteiger partial charge on any atom is 0.408 e. The molecule has 0 aromatic heterocycles. The Hall–Kier alpha value is -3.15. The van der Waals surface area contributed by atoms with Crippen molar-refractivity contribution in [3.63, 3.8) is 0 Å². The monoisotopic (exact) mass is 369 g/mol. The maximum atomic E-state index is 12.4. The summed E-state index contributed by atoms with van der Waals surface area (Å²) in [6.45, 7) is 5.10. The molecule has 6 heteroatoms. The van der Waals surface area contributed by atoms with Crippen molar-refractivity contribution in [2.75, 3.05) is 0 Å². The second kappa shape index (κ2) is 8.49. The Morgan fingerprint density at radius 2 is 1.52 bits per heavy atom. The summed E-state index contributed by atoms with van der Waals surface area (Å²) in [5, 5.41) is 11.7. The zero-order chi connectivity index (χ0) is 20.0. The first-order valence-corrected chi connectivity index (χ1v) is 8.57. The quantitative estimate of drug-likeness (QED) is 0.761. The van der Waals surface area contributed by atoms with Gasteiger partial charge in [-0.2, -0.15) is 0 Å². The Labute approximate surface area is 158 Å². The SMILES string of the molecule is CC(C)(C)OC(=O)N[C@@H](Cc1ccc(C(=O)c2ccccc2)cc1)C(=O)O. The third kappa shape index (κ3) is 6.26. The first-order valence-electron chi connectivity index (χ1n) is 8.57. The highest BCUT2D eigenvalue weighted by Gasteiger charge is 2.24. The highest BCUT2D eigenvalue weighted by molar-refractivity contribution is 6.08. The van der Waals surface area contributed by atoms with Gasteiger partial charge in [0.25, 0.3) is 0 Å². The lowest BCUT2D eigenvalue weighted by molar-refractivity contribution is -0.139. The van der Waals surface area contributed by atoms with E-state index in [0.29, 0.717) is 16.7 Å². The predicted octanol–water partition coefficient (Wildman–Crippen LogP) is 3.44. The number of carbonyl (C=O) groups excluding carboxylic acids is 2. The smallest absolute Gasteiger partial charge is 0.408 e. The maximum absolute atomic E-state index is 12.4. The van der Waals surface area contributed by atoms with Crippen LogP contribution < -0.4 is 5.32 Å². The molecule has 0 fully saturated rings. The van der Waals surface area contributed by atoms with Crippen molar-refractivity contribution < 1.29 is 24.2 Å². The number of alkyl carbamates (subject to hydrolysis) is 1. The van der Waals surface area contributed by atoms with Gasteiger partial charge >= 0.3 is 12.1 Å². The van der Waals surface area contributed by atoms with E-state index >= 15 is 0 Å². The first kappa shape index (κ1) is 20.2. The van der Waals surface area contributed by atoms with E-state index in [0.717, 1.165) is 0 Å². The van der Waals surface area contributed by atoms with Crippen LogP contribution in [-0.2, 0) is 16.0 Å². The molecule has 0 heterocycles.